The second-order valence-corrected chi connectivity index (χ2v) is 6.33. The number of aromatic nitrogens is 2. The van der Waals surface area contributed by atoms with Gasteiger partial charge in [0.1, 0.15) is 11.5 Å². The van der Waals surface area contributed by atoms with E-state index in [4.69, 9.17) is 0 Å². The van der Waals surface area contributed by atoms with Crippen molar-refractivity contribution in [3.8, 4) is 11.4 Å². The van der Waals surface area contributed by atoms with E-state index in [2.05, 4.69) is 33.2 Å². The van der Waals surface area contributed by atoms with Crippen LogP contribution in [0.1, 0.15) is 21.6 Å². The highest BCUT2D eigenvalue weighted by atomic mass is 16.1. The Balaban J connectivity index is 2.01. The molecule has 0 aliphatic carbocycles. The molecule has 0 unspecified atom stereocenters. The van der Waals surface area contributed by atoms with E-state index in [0.717, 1.165) is 22.4 Å². The van der Waals surface area contributed by atoms with Crippen molar-refractivity contribution in [2.24, 2.45) is 0 Å². The number of anilines is 2. The summed E-state index contributed by atoms with van der Waals surface area (Å²) in [7, 11) is 0. The fraction of sp³-hybridized carbons (Fsp3) is 0.136. The predicted molar refractivity (Wildman–Crippen MR) is 109 cm³/mol. The molecule has 0 saturated heterocycles. The smallest absolute Gasteiger partial charge is 0.270 e. The molecule has 2 aromatic carbocycles. The standard InChI is InChI=1S/C22H22N4O/c1-4-10-23-22(27)19-14-20(24-18-12-15(2)11-16(3)13-18)26-21(25-19)17-8-6-5-7-9-17/h4-9,11-14H,1,10H2,2-3H3,(H,23,27)(H,24,25,26). The van der Waals surface area contributed by atoms with Gasteiger partial charge >= 0.3 is 0 Å². The summed E-state index contributed by atoms with van der Waals surface area (Å²) in [5, 5.41) is 6.06. The summed E-state index contributed by atoms with van der Waals surface area (Å²) in [6.07, 6.45) is 1.63. The number of benzene rings is 2. The number of amides is 1. The van der Waals surface area contributed by atoms with Gasteiger partial charge in [-0.05, 0) is 37.1 Å². The Morgan fingerprint density at radius 2 is 1.74 bits per heavy atom. The molecule has 3 aromatic rings. The molecule has 0 spiro atoms. The van der Waals surface area contributed by atoms with Gasteiger partial charge in [0.05, 0.1) is 0 Å². The molecule has 0 fully saturated rings. The molecule has 1 aromatic heterocycles. The van der Waals surface area contributed by atoms with Crippen molar-refractivity contribution in [2.45, 2.75) is 13.8 Å². The number of hydrogen-bond donors (Lipinski definition) is 2. The minimum atomic E-state index is -0.266. The topological polar surface area (TPSA) is 66.9 Å². The average molecular weight is 358 g/mol. The number of rotatable bonds is 6. The lowest BCUT2D eigenvalue weighted by Gasteiger charge is -2.11. The third kappa shape index (κ3) is 4.79. The molecule has 0 radical (unpaired) electrons. The molecule has 0 atom stereocenters. The maximum Gasteiger partial charge on any atom is 0.270 e. The van der Waals surface area contributed by atoms with Gasteiger partial charge in [-0.15, -0.1) is 6.58 Å². The van der Waals surface area contributed by atoms with Crippen molar-refractivity contribution in [1.82, 2.24) is 15.3 Å². The van der Waals surface area contributed by atoms with Crippen LogP contribution in [0.5, 0.6) is 0 Å². The summed E-state index contributed by atoms with van der Waals surface area (Å²) in [5.74, 6) is 0.796. The van der Waals surface area contributed by atoms with Crippen LogP contribution in [0.2, 0.25) is 0 Å². The lowest BCUT2D eigenvalue weighted by atomic mass is 10.1. The number of nitrogens with one attached hydrogen (secondary N) is 2. The zero-order chi connectivity index (χ0) is 19.2. The Kier molecular flexibility index (Phi) is 5.61. The van der Waals surface area contributed by atoms with Gasteiger partial charge in [0, 0.05) is 23.9 Å². The van der Waals surface area contributed by atoms with Crippen LogP contribution in [0, 0.1) is 13.8 Å². The second kappa shape index (κ2) is 8.27. The number of nitrogens with zero attached hydrogens (tertiary/aromatic N) is 2. The molecule has 1 amide bonds. The van der Waals surface area contributed by atoms with Crippen molar-refractivity contribution in [2.75, 3.05) is 11.9 Å². The zero-order valence-electron chi connectivity index (χ0n) is 15.5. The molecule has 0 saturated carbocycles. The minimum Gasteiger partial charge on any atom is -0.347 e. The van der Waals surface area contributed by atoms with Gasteiger partial charge in [-0.2, -0.15) is 0 Å². The molecule has 27 heavy (non-hydrogen) atoms. The van der Waals surface area contributed by atoms with E-state index >= 15 is 0 Å². The lowest BCUT2D eigenvalue weighted by molar-refractivity contribution is 0.0953. The molecule has 1 heterocycles. The van der Waals surface area contributed by atoms with Crippen molar-refractivity contribution < 1.29 is 4.79 Å². The highest BCUT2D eigenvalue weighted by molar-refractivity contribution is 5.93. The maximum absolute atomic E-state index is 12.4. The molecule has 2 N–H and O–H groups in total. The summed E-state index contributed by atoms with van der Waals surface area (Å²) in [5.41, 5.74) is 4.37. The number of hydrogen-bond acceptors (Lipinski definition) is 4. The van der Waals surface area contributed by atoms with Crippen LogP contribution >= 0.6 is 0 Å². The largest absolute Gasteiger partial charge is 0.347 e. The van der Waals surface area contributed by atoms with Crippen LogP contribution in [0.15, 0.2) is 67.3 Å². The highest BCUT2D eigenvalue weighted by Crippen LogP contribution is 2.22. The molecule has 5 nitrogen and oxygen atoms in total. The SMILES string of the molecule is C=CCNC(=O)c1cc(Nc2cc(C)cc(C)c2)nc(-c2ccccc2)n1. The third-order valence-corrected chi connectivity index (χ3v) is 3.89. The Bertz CT molecular complexity index is 947. The summed E-state index contributed by atoms with van der Waals surface area (Å²) in [6.45, 7) is 8.09. The second-order valence-electron chi connectivity index (χ2n) is 6.33. The molecule has 136 valence electrons. The van der Waals surface area contributed by atoms with Gasteiger partial charge in [0.25, 0.3) is 5.91 Å². The van der Waals surface area contributed by atoms with Crippen LogP contribution in [-0.4, -0.2) is 22.4 Å². The molecule has 0 aliphatic rings. The van der Waals surface area contributed by atoms with Crippen LogP contribution in [0.3, 0.4) is 0 Å². The summed E-state index contributed by atoms with van der Waals surface area (Å²) >= 11 is 0. The summed E-state index contributed by atoms with van der Waals surface area (Å²) in [4.78, 5) is 21.5. The van der Waals surface area contributed by atoms with E-state index in [1.165, 1.54) is 0 Å². The lowest BCUT2D eigenvalue weighted by Crippen LogP contribution is -2.24. The Labute approximate surface area is 159 Å². The van der Waals surface area contributed by atoms with Crippen molar-refractivity contribution >= 4 is 17.4 Å². The van der Waals surface area contributed by atoms with Crippen molar-refractivity contribution in [1.29, 1.82) is 0 Å². The molecule has 0 bridgehead atoms. The predicted octanol–water partition coefficient (Wildman–Crippen LogP) is 4.42. The van der Waals surface area contributed by atoms with Gasteiger partial charge in [0.15, 0.2) is 5.82 Å². The summed E-state index contributed by atoms with van der Waals surface area (Å²) in [6, 6.07) is 17.4. The maximum atomic E-state index is 12.4. The fourth-order valence-electron chi connectivity index (χ4n) is 2.79. The Morgan fingerprint density at radius 3 is 2.41 bits per heavy atom. The molecule has 0 aliphatic heterocycles. The zero-order valence-corrected chi connectivity index (χ0v) is 15.5. The number of carbonyl (C=O) groups excluding carboxylic acids is 1. The first-order valence-corrected chi connectivity index (χ1v) is 8.74. The van der Waals surface area contributed by atoms with E-state index in [0.29, 0.717) is 23.9 Å². The van der Waals surface area contributed by atoms with E-state index in [1.54, 1.807) is 12.1 Å². The monoisotopic (exact) mass is 358 g/mol. The molecular formula is C22H22N4O. The van der Waals surface area contributed by atoms with Crippen LogP contribution in [-0.2, 0) is 0 Å². The van der Waals surface area contributed by atoms with Gasteiger partial charge in [-0.1, -0.05) is 42.5 Å². The average Bonchev–Trinajstić information content (AvgIpc) is 2.65. The van der Waals surface area contributed by atoms with Gasteiger partial charge < -0.3 is 10.6 Å². The fourth-order valence-corrected chi connectivity index (χ4v) is 2.79. The van der Waals surface area contributed by atoms with Gasteiger partial charge in [-0.25, -0.2) is 9.97 Å². The van der Waals surface area contributed by atoms with E-state index in [-0.39, 0.29) is 5.91 Å². The van der Waals surface area contributed by atoms with Crippen LogP contribution in [0.25, 0.3) is 11.4 Å². The first-order chi connectivity index (χ1) is 13.0. The van der Waals surface area contributed by atoms with Gasteiger partial charge in [-0.3, -0.25) is 4.79 Å². The molecule has 3 rings (SSSR count). The van der Waals surface area contributed by atoms with Crippen molar-refractivity contribution in [3.05, 3.63) is 84.1 Å². The highest BCUT2D eigenvalue weighted by Gasteiger charge is 2.13. The van der Waals surface area contributed by atoms with Crippen LogP contribution < -0.4 is 10.6 Å². The van der Waals surface area contributed by atoms with E-state index in [1.807, 2.05) is 56.3 Å². The minimum absolute atomic E-state index is 0.266. The normalized spacial score (nSPS) is 10.3. The quantitative estimate of drug-likeness (QED) is 0.640. The van der Waals surface area contributed by atoms with E-state index < -0.39 is 0 Å². The first kappa shape index (κ1) is 18.3. The number of carbonyl (C=O) groups is 1. The Morgan fingerprint density at radius 1 is 1.04 bits per heavy atom. The van der Waals surface area contributed by atoms with Gasteiger partial charge in [0.2, 0.25) is 0 Å². The molecule has 5 heteroatoms. The Hall–Kier alpha value is -3.47. The summed E-state index contributed by atoms with van der Waals surface area (Å²) < 4.78 is 0. The van der Waals surface area contributed by atoms with Crippen molar-refractivity contribution in [3.63, 3.8) is 0 Å². The van der Waals surface area contributed by atoms with Crippen LogP contribution in [0.4, 0.5) is 11.5 Å². The molecular weight excluding hydrogens is 336 g/mol. The number of aryl methyl sites for hydroxylation is 2. The van der Waals surface area contributed by atoms with E-state index in [9.17, 15) is 4.79 Å². The third-order valence-electron chi connectivity index (χ3n) is 3.89. The first-order valence-electron chi connectivity index (χ1n) is 8.74.